The summed E-state index contributed by atoms with van der Waals surface area (Å²) in [6, 6.07) is 7.32. The Morgan fingerprint density at radius 3 is 2.53 bits per heavy atom. The largest absolute Gasteiger partial charge is 0.491 e. The van der Waals surface area contributed by atoms with Crippen LogP contribution in [0.2, 0.25) is 0 Å². The molecule has 0 aromatic heterocycles. The lowest BCUT2D eigenvalue weighted by atomic mass is 9.93. The van der Waals surface area contributed by atoms with Crippen molar-refractivity contribution in [3.8, 4) is 5.75 Å². The lowest BCUT2D eigenvalue weighted by Gasteiger charge is -2.22. The van der Waals surface area contributed by atoms with Crippen molar-refractivity contribution in [1.29, 1.82) is 0 Å². The van der Waals surface area contributed by atoms with Gasteiger partial charge in [-0.1, -0.05) is 12.1 Å². The molecule has 1 rings (SSSR count). The van der Waals surface area contributed by atoms with Gasteiger partial charge in [0.05, 0.1) is 11.6 Å². The Hall–Kier alpha value is -1.35. The standard InChI is InChI=1S/C14H21NO2/c1-10(2)17-12-8-6-7-11(9-12)13(16)14(3,4)15-5/h6-10,15H,1-5H3. The first kappa shape index (κ1) is 13.7. The van der Waals surface area contributed by atoms with Gasteiger partial charge in [-0.15, -0.1) is 0 Å². The van der Waals surface area contributed by atoms with E-state index in [0.717, 1.165) is 5.75 Å². The fraction of sp³-hybridized carbons (Fsp3) is 0.500. The van der Waals surface area contributed by atoms with Crippen molar-refractivity contribution >= 4 is 5.78 Å². The Morgan fingerprint density at radius 1 is 1.35 bits per heavy atom. The van der Waals surface area contributed by atoms with E-state index in [4.69, 9.17) is 4.74 Å². The summed E-state index contributed by atoms with van der Waals surface area (Å²) in [5.74, 6) is 0.798. The van der Waals surface area contributed by atoms with Gasteiger partial charge in [-0.25, -0.2) is 0 Å². The van der Waals surface area contributed by atoms with Crippen LogP contribution in [0.25, 0.3) is 0 Å². The van der Waals surface area contributed by atoms with Gasteiger partial charge in [0.15, 0.2) is 5.78 Å². The Kier molecular flexibility index (Phi) is 4.29. The third-order valence-electron chi connectivity index (χ3n) is 2.66. The molecule has 0 spiro atoms. The molecule has 1 aromatic rings. The maximum atomic E-state index is 12.2. The van der Waals surface area contributed by atoms with Crippen LogP contribution in [0.4, 0.5) is 0 Å². The van der Waals surface area contributed by atoms with Gasteiger partial charge in [0.2, 0.25) is 0 Å². The summed E-state index contributed by atoms with van der Waals surface area (Å²) in [5.41, 5.74) is 0.110. The molecule has 0 radical (unpaired) electrons. The molecule has 3 heteroatoms. The Balaban J connectivity index is 2.96. The molecule has 0 aliphatic heterocycles. The Bertz CT molecular complexity index is 397. The summed E-state index contributed by atoms with van der Waals surface area (Å²) in [7, 11) is 1.78. The van der Waals surface area contributed by atoms with E-state index in [1.165, 1.54) is 0 Å². The highest BCUT2D eigenvalue weighted by Crippen LogP contribution is 2.19. The molecule has 0 fully saturated rings. The number of rotatable bonds is 5. The molecule has 94 valence electrons. The van der Waals surface area contributed by atoms with Crippen LogP contribution >= 0.6 is 0 Å². The van der Waals surface area contributed by atoms with Crippen molar-refractivity contribution < 1.29 is 9.53 Å². The molecule has 0 saturated carbocycles. The van der Waals surface area contributed by atoms with E-state index < -0.39 is 5.54 Å². The third-order valence-corrected chi connectivity index (χ3v) is 2.66. The van der Waals surface area contributed by atoms with Crippen LogP contribution in [0.5, 0.6) is 5.75 Å². The van der Waals surface area contributed by atoms with Crippen molar-refractivity contribution in [1.82, 2.24) is 5.32 Å². The normalized spacial score (nSPS) is 11.6. The minimum Gasteiger partial charge on any atom is -0.491 e. The van der Waals surface area contributed by atoms with E-state index >= 15 is 0 Å². The van der Waals surface area contributed by atoms with Crippen molar-refractivity contribution in [2.45, 2.75) is 39.3 Å². The van der Waals surface area contributed by atoms with Gasteiger partial charge in [0.1, 0.15) is 5.75 Å². The minimum atomic E-state index is -0.559. The van der Waals surface area contributed by atoms with Crippen LogP contribution in [0.1, 0.15) is 38.1 Å². The van der Waals surface area contributed by atoms with E-state index in [2.05, 4.69) is 5.32 Å². The van der Waals surface area contributed by atoms with Crippen molar-refractivity contribution in [3.05, 3.63) is 29.8 Å². The van der Waals surface area contributed by atoms with Crippen LogP contribution in [0, 0.1) is 0 Å². The molecule has 0 heterocycles. The number of likely N-dealkylation sites (N-methyl/N-ethyl adjacent to an activating group) is 1. The number of Topliss-reactive ketones (excluding diaryl/α,β-unsaturated/α-hetero) is 1. The summed E-state index contributed by atoms with van der Waals surface area (Å²) in [6.45, 7) is 7.66. The third kappa shape index (κ3) is 3.56. The van der Waals surface area contributed by atoms with Crippen LogP contribution in [0.3, 0.4) is 0 Å². The Morgan fingerprint density at radius 2 is 2.00 bits per heavy atom. The maximum Gasteiger partial charge on any atom is 0.182 e. The molecular weight excluding hydrogens is 214 g/mol. The van der Waals surface area contributed by atoms with Gasteiger partial charge in [-0.05, 0) is 46.9 Å². The second-order valence-corrected chi connectivity index (χ2v) is 4.90. The molecule has 0 aliphatic carbocycles. The minimum absolute atomic E-state index is 0.0641. The predicted octanol–water partition coefficient (Wildman–Crippen LogP) is 2.65. The average Bonchev–Trinajstić information content (AvgIpc) is 2.27. The first-order chi connectivity index (χ1) is 7.86. The van der Waals surface area contributed by atoms with E-state index in [9.17, 15) is 4.79 Å². The van der Waals surface area contributed by atoms with Gasteiger partial charge < -0.3 is 10.1 Å². The maximum absolute atomic E-state index is 12.2. The second kappa shape index (κ2) is 5.32. The SMILES string of the molecule is CNC(C)(C)C(=O)c1cccc(OC(C)C)c1. The monoisotopic (exact) mass is 235 g/mol. The molecule has 0 unspecified atom stereocenters. The highest BCUT2D eigenvalue weighted by Gasteiger charge is 2.26. The van der Waals surface area contributed by atoms with Gasteiger partial charge in [0, 0.05) is 5.56 Å². The molecule has 0 bridgehead atoms. The average molecular weight is 235 g/mol. The first-order valence-electron chi connectivity index (χ1n) is 5.87. The van der Waals surface area contributed by atoms with Gasteiger partial charge in [-0.3, -0.25) is 4.79 Å². The lowest BCUT2D eigenvalue weighted by Crippen LogP contribution is -2.44. The molecule has 17 heavy (non-hydrogen) atoms. The second-order valence-electron chi connectivity index (χ2n) is 4.90. The van der Waals surface area contributed by atoms with Gasteiger partial charge in [-0.2, -0.15) is 0 Å². The van der Waals surface area contributed by atoms with E-state index in [-0.39, 0.29) is 11.9 Å². The molecular formula is C14H21NO2. The number of hydrogen-bond donors (Lipinski definition) is 1. The summed E-state index contributed by atoms with van der Waals surface area (Å²) >= 11 is 0. The zero-order valence-electron chi connectivity index (χ0n) is 11.2. The number of carbonyl (C=O) groups is 1. The lowest BCUT2D eigenvalue weighted by molar-refractivity contribution is 0.0889. The van der Waals surface area contributed by atoms with Crippen molar-refractivity contribution in [2.75, 3.05) is 7.05 Å². The number of carbonyl (C=O) groups excluding carboxylic acids is 1. The van der Waals surface area contributed by atoms with Crippen LogP contribution in [-0.2, 0) is 0 Å². The highest BCUT2D eigenvalue weighted by atomic mass is 16.5. The molecule has 0 saturated heterocycles. The van der Waals surface area contributed by atoms with Gasteiger partial charge >= 0.3 is 0 Å². The Labute approximate surface area is 103 Å². The first-order valence-corrected chi connectivity index (χ1v) is 5.87. The number of hydrogen-bond acceptors (Lipinski definition) is 3. The van der Waals surface area contributed by atoms with Crippen LogP contribution < -0.4 is 10.1 Å². The van der Waals surface area contributed by atoms with Crippen LogP contribution in [0.15, 0.2) is 24.3 Å². The van der Waals surface area contributed by atoms with Crippen molar-refractivity contribution in [2.24, 2.45) is 0 Å². The molecule has 0 atom stereocenters. The summed E-state index contributed by atoms with van der Waals surface area (Å²) in [6.07, 6.45) is 0.109. The van der Waals surface area contributed by atoms with Crippen LogP contribution in [-0.4, -0.2) is 24.5 Å². The smallest absolute Gasteiger partial charge is 0.182 e. The number of nitrogens with one attached hydrogen (secondary N) is 1. The topological polar surface area (TPSA) is 38.3 Å². The quantitative estimate of drug-likeness (QED) is 0.797. The van der Waals surface area contributed by atoms with Gasteiger partial charge in [0.25, 0.3) is 0 Å². The van der Waals surface area contributed by atoms with E-state index in [1.54, 1.807) is 13.1 Å². The number of benzene rings is 1. The molecule has 1 aromatic carbocycles. The van der Waals surface area contributed by atoms with Crippen molar-refractivity contribution in [3.63, 3.8) is 0 Å². The molecule has 0 aliphatic rings. The predicted molar refractivity (Wildman–Crippen MR) is 69.7 cm³/mol. The van der Waals surface area contributed by atoms with E-state index in [1.807, 2.05) is 45.9 Å². The molecule has 3 nitrogen and oxygen atoms in total. The highest BCUT2D eigenvalue weighted by molar-refractivity contribution is 6.02. The summed E-state index contributed by atoms with van der Waals surface area (Å²) in [5, 5.41) is 3.01. The summed E-state index contributed by atoms with van der Waals surface area (Å²) < 4.78 is 5.58. The molecule has 1 N–H and O–H groups in total. The fourth-order valence-electron chi connectivity index (χ4n) is 1.46. The zero-order valence-corrected chi connectivity index (χ0v) is 11.2. The molecule has 0 amide bonds. The zero-order chi connectivity index (χ0) is 13.1. The number of ketones is 1. The van der Waals surface area contributed by atoms with E-state index in [0.29, 0.717) is 5.56 Å². The summed E-state index contributed by atoms with van der Waals surface area (Å²) in [4.78, 5) is 12.2. The number of ether oxygens (including phenoxy) is 1. The fourth-order valence-corrected chi connectivity index (χ4v) is 1.46.